The molecule has 0 spiro atoms. The molecule has 2 rings (SSSR count). The molecule has 0 amide bonds. The van der Waals surface area contributed by atoms with E-state index in [2.05, 4.69) is 9.72 Å². The summed E-state index contributed by atoms with van der Waals surface area (Å²) in [5.74, 6) is -3.59. The number of benzene rings is 1. The van der Waals surface area contributed by atoms with Crippen molar-refractivity contribution in [2.24, 2.45) is 0 Å². The van der Waals surface area contributed by atoms with Gasteiger partial charge < -0.3 is 9.72 Å². The Morgan fingerprint density at radius 2 is 2.00 bits per heavy atom. The van der Waals surface area contributed by atoms with Gasteiger partial charge in [-0.15, -0.1) is 0 Å². The Labute approximate surface area is 125 Å². The molecule has 0 aliphatic rings. The number of hydrogen-bond donors (Lipinski definition) is 2. The highest BCUT2D eigenvalue weighted by Gasteiger charge is 2.25. The summed E-state index contributed by atoms with van der Waals surface area (Å²) in [4.78, 5) is 13.3. The van der Waals surface area contributed by atoms with Gasteiger partial charge in [0.2, 0.25) is 0 Å². The molecule has 1 heterocycles. The number of rotatable bonds is 4. The van der Waals surface area contributed by atoms with Gasteiger partial charge in [-0.05, 0) is 25.1 Å². The number of hydrogen-bond acceptors (Lipinski definition) is 4. The Kier molecular flexibility index (Phi) is 4.18. The monoisotopic (exact) mass is 330 g/mol. The zero-order valence-corrected chi connectivity index (χ0v) is 12.4. The summed E-state index contributed by atoms with van der Waals surface area (Å²) >= 11 is 0. The van der Waals surface area contributed by atoms with E-state index in [0.29, 0.717) is 5.69 Å². The number of nitrogens with one attached hydrogen (secondary N) is 2. The van der Waals surface area contributed by atoms with Crippen molar-refractivity contribution in [3.63, 3.8) is 0 Å². The van der Waals surface area contributed by atoms with Gasteiger partial charge >= 0.3 is 5.97 Å². The summed E-state index contributed by atoms with van der Waals surface area (Å²) in [7, 11) is -3.28. The highest BCUT2D eigenvalue weighted by atomic mass is 32.2. The Morgan fingerprint density at radius 1 is 1.32 bits per heavy atom. The number of aryl methyl sites for hydroxylation is 1. The van der Waals surface area contributed by atoms with Crippen LogP contribution in [0.2, 0.25) is 0 Å². The molecule has 0 unspecified atom stereocenters. The van der Waals surface area contributed by atoms with Crippen LogP contribution in [-0.2, 0) is 14.8 Å². The van der Waals surface area contributed by atoms with E-state index in [1.165, 1.54) is 6.07 Å². The highest BCUT2D eigenvalue weighted by Crippen LogP contribution is 2.24. The molecule has 22 heavy (non-hydrogen) atoms. The maximum Gasteiger partial charge on any atom is 0.356 e. The van der Waals surface area contributed by atoms with Crippen LogP contribution in [0.1, 0.15) is 16.2 Å². The largest absolute Gasteiger partial charge is 0.464 e. The Balaban J connectivity index is 2.46. The number of aromatic nitrogens is 1. The first-order valence-corrected chi connectivity index (χ1v) is 7.49. The van der Waals surface area contributed by atoms with E-state index in [1.807, 2.05) is 4.72 Å². The molecular weight excluding hydrogens is 318 g/mol. The molecule has 0 aliphatic carbocycles. The Hall–Kier alpha value is -2.42. The fourth-order valence-corrected chi connectivity index (χ4v) is 2.98. The van der Waals surface area contributed by atoms with Crippen LogP contribution in [0.25, 0.3) is 0 Å². The standard InChI is InChI=1S/C13H12F2N2O4S/c1-7-6-9(12(16-7)13(18)21-2)17-22(19,20)10-5-3-4-8(14)11(10)15/h3-6,16-17H,1-2H3. The fraction of sp³-hybridized carbons (Fsp3) is 0.154. The van der Waals surface area contributed by atoms with Crippen LogP contribution in [0.3, 0.4) is 0 Å². The third-order valence-corrected chi connectivity index (χ3v) is 4.17. The summed E-state index contributed by atoms with van der Waals surface area (Å²) in [5, 5.41) is 0. The number of methoxy groups -OCH3 is 1. The van der Waals surface area contributed by atoms with Gasteiger partial charge in [-0.25, -0.2) is 22.0 Å². The lowest BCUT2D eigenvalue weighted by Gasteiger charge is -2.09. The molecule has 1 aromatic heterocycles. The van der Waals surface area contributed by atoms with E-state index >= 15 is 0 Å². The second kappa shape index (κ2) is 5.76. The van der Waals surface area contributed by atoms with Crippen LogP contribution < -0.4 is 4.72 Å². The first kappa shape index (κ1) is 16.0. The number of H-pyrrole nitrogens is 1. The first-order valence-electron chi connectivity index (χ1n) is 6.01. The molecular formula is C13H12F2N2O4S. The fourth-order valence-electron chi connectivity index (χ4n) is 1.82. The maximum absolute atomic E-state index is 13.6. The van der Waals surface area contributed by atoms with E-state index in [4.69, 9.17) is 0 Å². The predicted molar refractivity (Wildman–Crippen MR) is 74.0 cm³/mol. The topological polar surface area (TPSA) is 88.3 Å². The predicted octanol–water partition coefficient (Wildman–Crippen LogP) is 2.19. The van der Waals surface area contributed by atoms with Gasteiger partial charge in [-0.2, -0.15) is 0 Å². The first-order chi connectivity index (χ1) is 10.3. The van der Waals surface area contributed by atoms with Crippen LogP contribution in [-0.4, -0.2) is 26.5 Å². The lowest BCUT2D eigenvalue weighted by molar-refractivity contribution is 0.0596. The average molecular weight is 330 g/mol. The smallest absolute Gasteiger partial charge is 0.356 e. The number of ether oxygens (including phenoxy) is 1. The lowest BCUT2D eigenvalue weighted by atomic mass is 10.3. The van der Waals surface area contributed by atoms with Crippen molar-refractivity contribution in [3.05, 3.63) is 47.3 Å². The van der Waals surface area contributed by atoms with E-state index < -0.39 is 32.5 Å². The molecule has 9 heteroatoms. The summed E-state index contributed by atoms with van der Waals surface area (Å²) < 4.78 is 57.7. The molecule has 2 aromatic rings. The van der Waals surface area contributed by atoms with E-state index in [0.717, 1.165) is 25.3 Å². The van der Waals surface area contributed by atoms with Crippen molar-refractivity contribution in [2.75, 3.05) is 11.8 Å². The summed E-state index contributed by atoms with van der Waals surface area (Å²) in [6, 6.07) is 4.12. The van der Waals surface area contributed by atoms with Gasteiger partial charge in [0.15, 0.2) is 11.6 Å². The minimum absolute atomic E-state index is 0.118. The zero-order valence-electron chi connectivity index (χ0n) is 11.6. The van der Waals surface area contributed by atoms with Crippen LogP contribution in [0.4, 0.5) is 14.5 Å². The Bertz CT molecular complexity index is 831. The second-order valence-electron chi connectivity index (χ2n) is 4.39. The molecule has 0 radical (unpaired) electrons. The molecule has 0 saturated carbocycles. The third kappa shape index (κ3) is 2.93. The minimum Gasteiger partial charge on any atom is -0.464 e. The molecule has 0 atom stereocenters. The van der Waals surface area contributed by atoms with Crippen LogP contribution >= 0.6 is 0 Å². The number of esters is 1. The lowest BCUT2D eigenvalue weighted by Crippen LogP contribution is -2.17. The highest BCUT2D eigenvalue weighted by molar-refractivity contribution is 7.92. The molecule has 0 bridgehead atoms. The van der Waals surface area contributed by atoms with E-state index in [1.54, 1.807) is 6.92 Å². The summed E-state index contributed by atoms with van der Waals surface area (Å²) in [5.41, 5.74) is 0.228. The average Bonchev–Trinajstić information content (AvgIpc) is 2.80. The quantitative estimate of drug-likeness (QED) is 0.841. The van der Waals surface area contributed by atoms with Gasteiger partial charge in [0, 0.05) is 5.69 Å². The summed E-state index contributed by atoms with van der Waals surface area (Å²) in [6.45, 7) is 1.59. The number of halogens is 2. The molecule has 1 aromatic carbocycles. The SMILES string of the molecule is COC(=O)c1[nH]c(C)cc1NS(=O)(=O)c1cccc(F)c1F. The van der Waals surface area contributed by atoms with Crippen molar-refractivity contribution in [1.82, 2.24) is 4.98 Å². The van der Waals surface area contributed by atoms with Crippen molar-refractivity contribution in [2.45, 2.75) is 11.8 Å². The zero-order chi connectivity index (χ0) is 16.5. The van der Waals surface area contributed by atoms with Crippen molar-refractivity contribution >= 4 is 21.7 Å². The molecule has 0 aliphatic heterocycles. The number of anilines is 1. The van der Waals surface area contributed by atoms with Gasteiger partial charge in [-0.3, -0.25) is 4.72 Å². The van der Waals surface area contributed by atoms with Crippen molar-refractivity contribution < 1.29 is 26.7 Å². The van der Waals surface area contributed by atoms with E-state index in [9.17, 15) is 22.0 Å². The molecule has 0 fully saturated rings. The third-order valence-electron chi connectivity index (χ3n) is 2.79. The summed E-state index contributed by atoms with van der Waals surface area (Å²) in [6.07, 6.45) is 0. The van der Waals surface area contributed by atoms with Gasteiger partial charge in [0.1, 0.15) is 10.6 Å². The normalized spacial score (nSPS) is 11.3. The molecule has 0 saturated heterocycles. The number of sulfonamides is 1. The maximum atomic E-state index is 13.6. The van der Waals surface area contributed by atoms with Gasteiger partial charge in [-0.1, -0.05) is 6.07 Å². The van der Waals surface area contributed by atoms with E-state index in [-0.39, 0.29) is 11.4 Å². The number of carbonyl (C=O) groups excluding carboxylic acids is 1. The van der Waals surface area contributed by atoms with Gasteiger partial charge in [0.25, 0.3) is 10.0 Å². The van der Waals surface area contributed by atoms with Crippen LogP contribution in [0.15, 0.2) is 29.2 Å². The van der Waals surface area contributed by atoms with Crippen molar-refractivity contribution in [1.29, 1.82) is 0 Å². The second-order valence-corrected chi connectivity index (χ2v) is 6.04. The number of aromatic amines is 1. The molecule has 6 nitrogen and oxygen atoms in total. The Morgan fingerprint density at radius 3 is 2.64 bits per heavy atom. The van der Waals surface area contributed by atoms with Crippen molar-refractivity contribution in [3.8, 4) is 0 Å². The number of carbonyl (C=O) groups is 1. The molecule has 118 valence electrons. The minimum atomic E-state index is -4.41. The van der Waals surface area contributed by atoms with Crippen LogP contribution in [0, 0.1) is 18.6 Å². The van der Waals surface area contributed by atoms with Gasteiger partial charge in [0.05, 0.1) is 12.8 Å². The molecule has 2 N–H and O–H groups in total. The van der Waals surface area contributed by atoms with Crippen LogP contribution in [0.5, 0.6) is 0 Å².